The zero-order chi connectivity index (χ0) is 27.1. The van der Waals surface area contributed by atoms with E-state index >= 15 is 0 Å². The number of carbonyl (C=O) groups excluding carboxylic acids is 2. The fraction of sp³-hybridized carbons (Fsp3) is 0.207. The molecule has 1 fully saturated rings. The number of hydrogen-bond acceptors (Lipinski definition) is 8. The van der Waals surface area contributed by atoms with Gasteiger partial charge in [-0.15, -0.1) is 0 Å². The maximum Gasteiger partial charge on any atom is 0.301 e. The average molecular weight is 531 g/mol. The van der Waals surface area contributed by atoms with Crippen molar-refractivity contribution in [2.75, 3.05) is 18.6 Å². The van der Waals surface area contributed by atoms with Crippen LogP contribution in [0.25, 0.3) is 16.0 Å². The lowest BCUT2D eigenvalue weighted by Crippen LogP contribution is -2.29. The van der Waals surface area contributed by atoms with Crippen molar-refractivity contribution in [3.8, 4) is 17.2 Å². The summed E-state index contributed by atoms with van der Waals surface area (Å²) in [6.45, 7) is 6.02. The lowest BCUT2D eigenvalue weighted by atomic mass is 9.95. The number of thiazole rings is 1. The number of aliphatic hydroxyl groups is 1. The number of methoxy groups -OCH3 is 1. The van der Waals surface area contributed by atoms with E-state index in [9.17, 15) is 19.8 Å². The number of nitrogens with zero attached hydrogens (tertiary/aromatic N) is 2. The highest BCUT2D eigenvalue weighted by molar-refractivity contribution is 7.22. The fourth-order valence-corrected chi connectivity index (χ4v) is 5.87. The second-order valence-corrected chi connectivity index (χ2v) is 10.00. The first-order valence-electron chi connectivity index (χ1n) is 12.0. The minimum atomic E-state index is -1.01. The molecule has 1 saturated heterocycles. The molecular formula is C29H26N2O6S. The Balaban J connectivity index is 1.76. The van der Waals surface area contributed by atoms with Crippen LogP contribution in [0.4, 0.5) is 5.13 Å². The summed E-state index contributed by atoms with van der Waals surface area (Å²) in [7, 11) is 1.50. The number of benzene rings is 3. The van der Waals surface area contributed by atoms with E-state index in [1.54, 1.807) is 43.3 Å². The van der Waals surface area contributed by atoms with E-state index in [0.29, 0.717) is 28.6 Å². The molecule has 1 aliphatic heterocycles. The smallest absolute Gasteiger partial charge is 0.301 e. The van der Waals surface area contributed by atoms with Crippen LogP contribution in [0.15, 0.2) is 60.2 Å². The number of fused-ring (bicyclic) bond motifs is 1. The molecule has 38 heavy (non-hydrogen) atoms. The molecule has 0 unspecified atom stereocenters. The number of ketones is 1. The van der Waals surface area contributed by atoms with E-state index in [1.165, 1.54) is 29.4 Å². The number of amides is 1. The number of aromatic nitrogens is 1. The molecule has 4 aromatic rings. The molecule has 3 aromatic carbocycles. The Bertz CT molecular complexity index is 1620. The van der Waals surface area contributed by atoms with E-state index in [-0.39, 0.29) is 22.8 Å². The van der Waals surface area contributed by atoms with Crippen LogP contribution >= 0.6 is 11.3 Å². The van der Waals surface area contributed by atoms with Crippen molar-refractivity contribution in [2.45, 2.75) is 26.8 Å². The maximum atomic E-state index is 13.6. The highest BCUT2D eigenvalue weighted by Gasteiger charge is 2.48. The number of carbonyl (C=O) groups is 2. The SMILES string of the molecule is CCOc1cc([C@H]2/C(=C(\O)c3cccc(OC)c3)C(=O)C(=O)N2c2nc3c(C)cc(C)cc3s2)ccc1O. The Kier molecular flexibility index (Phi) is 6.54. The molecule has 0 aliphatic carbocycles. The first-order chi connectivity index (χ1) is 18.2. The Morgan fingerprint density at radius 2 is 1.89 bits per heavy atom. The Hall–Kier alpha value is -4.37. The van der Waals surface area contributed by atoms with Gasteiger partial charge >= 0.3 is 5.91 Å². The molecule has 0 saturated carbocycles. The summed E-state index contributed by atoms with van der Waals surface area (Å²) in [5, 5.41) is 22.0. The van der Waals surface area contributed by atoms with Gasteiger partial charge in [-0.25, -0.2) is 4.98 Å². The summed E-state index contributed by atoms with van der Waals surface area (Å²) in [4.78, 5) is 33.1. The zero-order valence-electron chi connectivity index (χ0n) is 21.3. The van der Waals surface area contributed by atoms with Crippen LogP contribution in [0.5, 0.6) is 17.2 Å². The topological polar surface area (TPSA) is 109 Å². The van der Waals surface area contributed by atoms with Crippen LogP contribution in [0.3, 0.4) is 0 Å². The molecule has 8 nitrogen and oxygen atoms in total. The number of ether oxygens (including phenoxy) is 2. The second kappa shape index (κ2) is 9.83. The number of anilines is 1. The van der Waals surface area contributed by atoms with E-state index in [1.807, 2.05) is 26.0 Å². The fourth-order valence-electron chi connectivity index (χ4n) is 4.70. The third kappa shape index (κ3) is 4.24. The first kappa shape index (κ1) is 25.3. The third-order valence-corrected chi connectivity index (χ3v) is 7.41. The van der Waals surface area contributed by atoms with Crippen LogP contribution in [0.1, 0.15) is 35.2 Å². The zero-order valence-corrected chi connectivity index (χ0v) is 22.1. The predicted octanol–water partition coefficient (Wildman–Crippen LogP) is 5.65. The largest absolute Gasteiger partial charge is 0.507 e. The highest BCUT2D eigenvalue weighted by Crippen LogP contribution is 2.46. The molecule has 0 radical (unpaired) electrons. The molecule has 2 N–H and O–H groups in total. The van der Waals surface area contributed by atoms with Crippen molar-refractivity contribution < 1.29 is 29.3 Å². The minimum absolute atomic E-state index is 0.0774. The molecule has 0 spiro atoms. The molecule has 1 amide bonds. The van der Waals surface area contributed by atoms with Crippen molar-refractivity contribution in [2.24, 2.45) is 0 Å². The van der Waals surface area contributed by atoms with Crippen molar-refractivity contribution in [1.29, 1.82) is 0 Å². The van der Waals surface area contributed by atoms with E-state index in [4.69, 9.17) is 14.5 Å². The van der Waals surface area contributed by atoms with Gasteiger partial charge in [0.05, 0.1) is 35.5 Å². The molecule has 1 aliphatic rings. The van der Waals surface area contributed by atoms with Crippen LogP contribution in [-0.2, 0) is 9.59 Å². The van der Waals surface area contributed by atoms with Gasteiger partial charge in [-0.3, -0.25) is 14.5 Å². The van der Waals surface area contributed by atoms with E-state index in [2.05, 4.69) is 0 Å². The average Bonchev–Trinajstić information content (AvgIpc) is 3.43. The van der Waals surface area contributed by atoms with Crippen LogP contribution in [-0.4, -0.2) is 40.6 Å². The van der Waals surface area contributed by atoms with Crippen molar-refractivity contribution >= 4 is 44.1 Å². The van der Waals surface area contributed by atoms with E-state index < -0.39 is 17.7 Å². The van der Waals surface area contributed by atoms with Gasteiger partial charge in [0.1, 0.15) is 11.5 Å². The van der Waals surface area contributed by atoms with Crippen LogP contribution in [0, 0.1) is 13.8 Å². The second-order valence-electron chi connectivity index (χ2n) is 8.99. The van der Waals surface area contributed by atoms with Crippen LogP contribution < -0.4 is 14.4 Å². The molecule has 1 aromatic heterocycles. The monoisotopic (exact) mass is 530 g/mol. The summed E-state index contributed by atoms with van der Waals surface area (Å²) in [5.74, 6) is -1.37. The summed E-state index contributed by atoms with van der Waals surface area (Å²) in [5.41, 5.74) is 3.46. The number of rotatable bonds is 6. The highest BCUT2D eigenvalue weighted by atomic mass is 32.1. The molecular weight excluding hydrogens is 504 g/mol. The van der Waals surface area contributed by atoms with Gasteiger partial charge in [0.15, 0.2) is 16.6 Å². The molecule has 1 atom stereocenters. The first-order valence-corrected chi connectivity index (χ1v) is 12.8. The number of aryl methyl sites for hydroxylation is 2. The standard InChI is InChI=1S/C29H26N2O6S/c1-5-37-21-14-17(9-10-20(21)32)25-23(26(33)18-7-6-8-19(13-18)36-4)27(34)28(35)31(25)29-30-24-16(3)11-15(2)12-22(24)38-29/h6-14,25,32-33H,5H2,1-4H3/b26-23+/t25-/m0/s1. The van der Waals surface area contributed by atoms with Crippen molar-refractivity contribution in [3.63, 3.8) is 0 Å². The molecule has 5 rings (SSSR count). The number of Topliss-reactive ketones (excluding diaryl/α,β-unsaturated/α-hetero) is 1. The quantitative estimate of drug-likeness (QED) is 0.188. The molecule has 2 heterocycles. The number of phenols is 1. The van der Waals surface area contributed by atoms with Gasteiger partial charge in [-0.2, -0.15) is 0 Å². The Labute approximate surface area is 223 Å². The lowest BCUT2D eigenvalue weighted by Gasteiger charge is -2.23. The van der Waals surface area contributed by atoms with Crippen LogP contribution in [0.2, 0.25) is 0 Å². The van der Waals surface area contributed by atoms with Gasteiger partial charge in [-0.1, -0.05) is 35.6 Å². The number of phenolic OH excluding ortho intramolecular Hbond substituents is 1. The van der Waals surface area contributed by atoms with Crippen molar-refractivity contribution in [1.82, 2.24) is 4.98 Å². The van der Waals surface area contributed by atoms with Gasteiger partial charge < -0.3 is 19.7 Å². The number of hydrogen-bond donors (Lipinski definition) is 2. The van der Waals surface area contributed by atoms with Crippen molar-refractivity contribution in [3.05, 3.63) is 82.4 Å². The van der Waals surface area contributed by atoms with Gasteiger partial charge in [0.2, 0.25) is 0 Å². The predicted molar refractivity (Wildman–Crippen MR) is 146 cm³/mol. The van der Waals surface area contributed by atoms with E-state index in [0.717, 1.165) is 21.3 Å². The van der Waals surface area contributed by atoms with Gasteiger partial charge in [-0.05, 0) is 67.8 Å². The summed E-state index contributed by atoms with van der Waals surface area (Å²) in [6, 6.07) is 14.2. The molecule has 9 heteroatoms. The maximum absolute atomic E-state index is 13.6. The minimum Gasteiger partial charge on any atom is -0.507 e. The van der Waals surface area contributed by atoms with Gasteiger partial charge in [0.25, 0.3) is 5.78 Å². The summed E-state index contributed by atoms with van der Waals surface area (Å²) >= 11 is 1.30. The van der Waals surface area contributed by atoms with Gasteiger partial charge in [0, 0.05) is 5.56 Å². The number of aromatic hydroxyl groups is 1. The molecule has 0 bridgehead atoms. The summed E-state index contributed by atoms with van der Waals surface area (Å²) in [6.07, 6.45) is 0. The summed E-state index contributed by atoms with van der Waals surface area (Å²) < 4.78 is 11.7. The number of aliphatic hydroxyl groups excluding tert-OH is 1. The Morgan fingerprint density at radius 3 is 2.63 bits per heavy atom. The molecule has 194 valence electrons. The normalized spacial score (nSPS) is 16.8. The Morgan fingerprint density at radius 1 is 1.11 bits per heavy atom. The lowest BCUT2D eigenvalue weighted by molar-refractivity contribution is -0.132. The third-order valence-electron chi connectivity index (χ3n) is 6.41.